The molecule has 0 radical (unpaired) electrons. The molecule has 1 aliphatic rings. The molecule has 1 heterocycles. The van der Waals surface area contributed by atoms with E-state index in [2.05, 4.69) is 30.1 Å². The first-order valence-electron chi connectivity index (χ1n) is 7.15. The van der Waals surface area contributed by atoms with Crippen LogP contribution in [0, 0.1) is 18.3 Å². The Labute approximate surface area is 124 Å². The van der Waals surface area contributed by atoms with Crippen molar-refractivity contribution in [3.05, 3.63) is 5.82 Å². The third kappa shape index (κ3) is 3.70. The molecule has 0 saturated heterocycles. The van der Waals surface area contributed by atoms with Crippen LogP contribution in [-0.4, -0.2) is 20.6 Å². The van der Waals surface area contributed by atoms with Gasteiger partial charge in [0.15, 0.2) is 4.34 Å². The Balaban J connectivity index is 2.02. The molecule has 1 aliphatic carbocycles. The molecule has 2 N–H and O–H groups in total. The summed E-state index contributed by atoms with van der Waals surface area (Å²) in [6, 6.07) is 0.304. The molecule has 0 spiro atoms. The molecule has 0 bridgehead atoms. The summed E-state index contributed by atoms with van der Waals surface area (Å²) in [5, 5.41) is 0.497. The van der Waals surface area contributed by atoms with Crippen LogP contribution >= 0.6 is 23.3 Å². The maximum atomic E-state index is 6.32. The number of nitrogens with zero attached hydrogens (tertiary/aromatic N) is 2. The molecule has 0 amide bonds. The fourth-order valence-corrected chi connectivity index (χ4v) is 4.90. The highest BCUT2D eigenvalue weighted by molar-refractivity contribution is 8.01. The van der Waals surface area contributed by atoms with Gasteiger partial charge in [-0.05, 0) is 49.1 Å². The molecule has 1 aromatic heterocycles. The Morgan fingerprint density at radius 2 is 2.16 bits per heavy atom. The summed E-state index contributed by atoms with van der Waals surface area (Å²) in [6.07, 6.45) is 4.87. The number of rotatable bonds is 4. The standard InChI is InChI=1S/C14H25N3S2/c1-5-14(3,4)10-6-7-11(15)12(8-10)18-13-16-9(2)17-19-13/h10-12H,5-8,15H2,1-4H3. The Bertz CT molecular complexity index is 417. The zero-order valence-corrected chi connectivity index (χ0v) is 14.0. The summed E-state index contributed by atoms with van der Waals surface area (Å²) in [6.45, 7) is 9.03. The van der Waals surface area contributed by atoms with E-state index in [1.54, 1.807) is 0 Å². The van der Waals surface area contributed by atoms with Crippen molar-refractivity contribution in [3.63, 3.8) is 0 Å². The van der Waals surface area contributed by atoms with Crippen LogP contribution in [0.25, 0.3) is 0 Å². The van der Waals surface area contributed by atoms with Crippen molar-refractivity contribution in [2.75, 3.05) is 0 Å². The van der Waals surface area contributed by atoms with Crippen molar-refractivity contribution in [3.8, 4) is 0 Å². The minimum absolute atomic E-state index is 0.304. The van der Waals surface area contributed by atoms with E-state index in [4.69, 9.17) is 5.73 Å². The molecule has 1 fully saturated rings. The van der Waals surface area contributed by atoms with Gasteiger partial charge in [-0.2, -0.15) is 4.37 Å². The zero-order chi connectivity index (χ0) is 14.0. The molecule has 19 heavy (non-hydrogen) atoms. The number of aromatic nitrogens is 2. The first-order valence-corrected chi connectivity index (χ1v) is 8.80. The van der Waals surface area contributed by atoms with Gasteiger partial charge in [-0.15, -0.1) is 0 Å². The van der Waals surface area contributed by atoms with E-state index < -0.39 is 0 Å². The molecule has 0 aliphatic heterocycles. The van der Waals surface area contributed by atoms with Crippen molar-refractivity contribution in [1.82, 2.24) is 9.36 Å². The van der Waals surface area contributed by atoms with Gasteiger partial charge < -0.3 is 5.73 Å². The molecule has 3 atom stereocenters. The van der Waals surface area contributed by atoms with Gasteiger partial charge in [-0.3, -0.25) is 0 Å². The second-order valence-corrected chi connectivity index (χ2v) is 8.52. The molecule has 1 aromatic rings. The largest absolute Gasteiger partial charge is 0.327 e. The number of nitrogens with two attached hydrogens (primary N) is 1. The number of thioether (sulfide) groups is 1. The molecule has 108 valence electrons. The van der Waals surface area contributed by atoms with Gasteiger partial charge in [0.25, 0.3) is 0 Å². The van der Waals surface area contributed by atoms with Gasteiger partial charge in [-0.1, -0.05) is 39.0 Å². The predicted molar refractivity (Wildman–Crippen MR) is 83.7 cm³/mol. The number of aryl methyl sites for hydroxylation is 1. The van der Waals surface area contributed by atoms with Crippen LogP contribution in [0.4, 0.5) is 0 Å². The summed E-state index contributed by atoms with van der Waals surface area (Å²) in [4.78, 5) is 4.46. The van der Waals surface area contributed by atoms with Gasteiger partial charge in [0, 0.05) is 11.3 Å². The van der Waals surface area contributed by atoms with E-state index in [1.807, 2.05) is 18.7 Å². The monoisotopic (exact) mass is 299 g/mol. The average Bonchev–Trinajstić information content (AvgIpc) is 2.77. The highest BCUT2D eigenvalue weighted by Gasteiger charge is 2.36. The van der Waals surface area contributed by atoms with Crippen molar-refractivity contribution >= 4 is 23.3 Å². The van der Waals surface area contributed by atoms with Crippen molar-refractivity contribution in [2.45, 2.75) is 69.0 Å². The van der Waals surface area contributed by atoms with Gasteiger partial charge in [0.1, 0.15) is 5.82 Å². The first kappa shape index (κ1) is 15.3. The van der Waals surface area contributed by atoms with E-state index in [9.17, 15) is 0 Å². The minimum Gasteiger partial charge on any atom is -0.327 e. The van der Waals surface area contributed by atoms with Crippen molar-refractivity contribution in [2.24, 2.45) is 17.1 Å². The molecule has 1 saturated carbocycles. The normalized spacial score (nSPS) is 28.6. The van der Waals surface area contributed by atoms with Gasteiger partial charge in [0.05, 0.1) is 0 Å². The SMILES string of the molecule is CCC(C)(C)C1CCC(N)C(Sc2nc(C)ns2)C1. The molecular weight excluding hydrogens is 274 g/mol. The van der Waals surface area contributed by atoms with Gasteiger partial charge in [0.2, 0.25) is 0 Å². The maximum Gasteiger partial charge on any atom is 0.170 e. The zero-order valence-electron chi connectivity index (χ0n) is 12.3. The van der Waals surface area contributed by atoms with Crippen LogP contribution in [0.5, 0.6) is 0 Å². The van der Waals surface area contributed by atoms with Crippen LogP contribution in [0.1, 0.15) is 52.3 Å². The Morgan fingerprint density at radius 1 is 1.42 bits per heavy atom. The second kappa shape index (κ2) is 6.10. The van der Waals surface area contributed by atoms with Gasteiger partial charge in [-0.25, -0.2) is 4.98 Å². The first-order chi connectivity index (χ1) is 8.92. The Hall–Kier alpha value is -0.130. The number of hydrogen-bond donors (Lipinski definition) is 1. The lowest BCUT2D eigenvalue weighted by atomic mass is 9.69. The molecule has 3 unspecified atom stereocenters. The number of hydrogen-bond acceptors (Lipinski definition) is 5. The van der Waals surface area contributed by atoms with Crippen molar-refractivity contribution in [1.29, 1.82) is 0 Å². The summed E-state index contributed by atoms with van der Waals surface area (Å²) in [7, 11) is 0. The highest BCUT2D eigenvalue weighted by atomic mass is 32.2. The van der Waals surface area contributed by atoms with Crippen LogP contribution in [0.2, 0.25) is 0 Å². The van der Waals surface area contributed by atoms with Crippen molar-refractivity contribution < 1.29 is 0 Å². The van der Waals surface area contributed by atoms with E-state index in [1.165, 1.54) is 30.8 Å². The van der Waals surface area contributed by atoms with E-state index in [-0.39, 0.29) is 0 Å². The maximum absolute atomic E-state index is 6.32. The minimum atomic E-state index is 0.304. The Morgan fingerprint density at radius 3 is 2.74 bits per heavy atom. The smallest absolute Gasteiger partial charge is 0.170 e. The third-order valence-electron chi connectivity index (χ3n) is 4.62. The molecule has 2 rings (SSSR count). The Kier molecular flexibility index (Phi) is 4.90. The van der Waals surface area contributed by atoms with E-state index in [0.29, 0.717) is 16.7 Å². The molecule has 3 nitrogen and oxygen atoms in total. The second-order valence-electron chi connectivity index (χ2n) is 6.28. The molecule has 5 heteroatoms. The molecule has 0 aromatic carbocycles. The lowest BCUT2D eigenvalue weighted by Gasteiger charge is -2.41. The lowest BCUT2D eigenvalue weighted by molar-refractivity contribution is 0.148. The lowest BCUT2D eigenvalue weighted by Crippen LogP contribution is -2.42. The van der Waals surface area contributed by atoms with E-state index in [0.717, 1.165) is 22.5 Å². The topological polar surface area (TPSA) is 51.8 Å². The summed E-state index contributed by atoms with van der Waals surface area (Å²) >= 11 is 3.35. The van der Waals surface area contributed by atoms with Crippen LogP contribution in [-0.2, 0) is 0 Å². The summed E-state index contributed by atoms with van der Waals surface area (Å²) in [5.41, 5.74) is 6.74. The van der Waals surface area contributed by atoms with Crippen LogP contribution in [0.15, 0.2) is 4.34 Å². The quantitative estimate of drug-likeness (QED) is 0.917. The van der Waals surface area contributed by atoms with Crippen LogP contribution < -0.4 is 5.73 Å². The third-order valence-corrected chi connectivity index (χ3v) is 6.87. The average molecular weight is 300 g/mol. The summed E-state index contributed by atoms with van der Waals surface area (Å²) in [5.74, 6) is 1.66. The van der Waals surface area contributed by atoms with Gasteiger partial charge >= 0.3 is 0 Å². The summed E-state index contributed by atoms with van der Waals surface area (Å²) < 4.78 is 5.34. The fourth-order valence-electron chi connectivity index (χ4n) is 2.74. The fraction of sp³-hybridized carbons (Fsp3) is 0.857. The predicted octanol–water partition coefficient (Wildman–Crippen LogP) is 3.87. The molecular formula is C14H25N3S2. The highest BCUT2D eigenvalue weighted by Crippen LogP contribution is 2.44. The van der Waals surface area contributed by atoms with E-state index >= 15 is 0 Å². The van der Waals surface area contributed by atoms with Crippen LogP contribution in [0.3, 0.4) is 0 Å².